The summed E-state index contributed by atoms with van der Waals surface area (Å²) in [7, 11) is 0. The van der Waals surface area contributed by atoms with Crippen molar-refractivity contribution in [2.24, 2.45) is 17.8 Å². The molecule has 0 aliphatic heterocycles. The minimum atomic E-state index is 0.750. The second-order valence-corrected chi connectivity index (χ2v) is 3.77. The summed E-state index contributed by atoms with van der Waals surface area (Å²) < 4.78 is 0. The highest BCUT2D eigenvalue weighted by Gasteiger charge is 2.39. The van der Waals surface area contributed by atoms with Gasteiger partial charge in [0.25, 0.3) is 0 Å². The molecule has 0 aromatic rings. The topological polar surface area (TPSA) is 17.1 Å². The van der Waals surface area contributed by atoms with Gasteiger partial charge in [0.15, 0.2) is 0 Å². The molecular weight excluding hydrogens is 136 g/mol. The Morgan fingerprint density at radius 1 is 1.09 bits per heavy atom. The first-order valence-corrected chi connectivity index (χ1v) is 4.54. The van der Waals surface area contributed by atoms with Gasteiger partial charge in [-0.25, -0.2) is 0 Å². The van der Waals surface area contributed by atoms with Crippen LogP contribution in [-0.4, -0.2) is 6.29 Å². The Labute approximate surface area is 67.5 Å². The largest absolute Gasteiger partial charge is 0.299 e. The first kappa shape index (κ1) is 7.08. The third kappa shape index (κ3) is 1.70. The van der Waals surface area contributed by atoms with E-state index < -0.39 is 0 Å². The summed E-state index contributed by atoms with van der Waals surface area (Å²) >= 11 is 0. The van der Waals surface area contributed by atoms with Gasteiger partial charge in [-0.05, 0) is 49.5 Å². The number of carbonyl (C=O) groups is 1. The zero-order chi connectivity index (χ0) is 7.68. The molecule has 0 amide bonds. The Balaban J connectivity index is 1.91. The minimum absolute atomic E-state index is 0.750. The summed E-state index contributed by atoms with van der Waals surface area (Å²) in [5.74, 6) is 2.61. The summed E-state index contributed by atoms with van der Waals surface area (Å²) in [5.41, 5.74) is 0. The van der Waals surface area contributed by atoms with Crippen LogP contribution in [0.2, 0.25) is 0 Å². The van der Waals surface area contributed by atoms with Crippen LogP contribution in [0.5, 0.6) is 0 Å². The highest BCUT2D eigenvalue weighted by molar-refractivity contribution is 5.64. The van der Waals surface area contributed by atoms with Crippen molar-refractivity contribution < 1.29 is 4.79 Å². The number of carbonyl (C=O) groups excluding carboxylic acids is 1. The molecule has 0 bridgehead atoms. The SMILES string of the molecule is O=CC=CC(C1CC1)C1CC1. The third-order valence-corrected chi connectivity index (χ3v) is 2.74. The maximum Gasteiger partial charge on any atom is 0.142 e. The van der Waals surface area contributed by atoms with Crippen molar-refractivity contribution in [3.63, 3.8) is 0 Å². The molecule has 0 aromatic carbocycles. The zero-order valence-corrected chi connectivity index (χ0v) is 6.70. The summed E-state index contributed by atoms with van der Waals surface area (Å²) in [6.07, 6.45) is 10.3. The van der Waals surface area contributed by atoms with Gasteiger partial charge in [0.2, 0.25) is 0 Å². The molecule has 1 heteroatoms. The van der Waals surface area contributed by atoms with Gasteiger partial charge in [-0.3, -0.25) is 4.79 Å². The lowest BCUT2D eigenvalue weighted by Crippen LogP contribution is -2.01. The van der Waals surface area contributed by atoms with Crippen LogP contribution >= 0.6 is 0 Å². The Bertz CT molecular complexity index is 163. The van der Waals surface area contributed by atoms with Crippen LogP contribution in [0.1, 0.15) is 25.7 Å². The first-order chi connectivity index (χ1) is 5.42. The van der Waals surface area contributed by atoms with E-state index in [1.807, 2.05) is 0 Å². The van der Waals surface area contributed by atoms with Gasteiger partial charge in [-0.2, -0.15) is 0 Å². The molecule has 11 heavy (non-hydrogen) atoms. The van der Waals surface area contributed by atoms with Gasteiger partial charge >= 0.3 is 0 Å². The standard InChI is InChI=1S/C10H14O/c11-7-1-2-10(8-3-4-8)9-5-6-9/h1-2,7-10H,3-6H2. The second-order valence-electron chi connectivity index (χ2n) is 3.77. The molecule has 2 rings (SSSR count). The molecule has 0 unspecified atom stereocenters. The molecule has 0 aromatic heterocycles. The fraction of sp³-hybridized carbons (Fsp3) is 0.700. The van der Waals surface area contributed by atoms with Crippen LogP contribution < -0.4 is 0 Å². The van der Waals surface area contributed by atoms with E-state index in [0.29, 0.717) is 0 Å². The molecule has 2 fully saturated rings. The summed E-state index contributed by atoms with van der Waals surface area (Å²) in [4.78, 5) is 10.1. The maximum absolute atomic E-state index is 10.1. The van der Waals surface area contributed by atoms with Crippen molar-refractivity contribution in [2.45, 2.75) is 25.7 Å². The Kier molecular flexibility index (Phi) is 1.80. The van der Waals surface area contributed by atoms with Crippen LogP contribution in [0, 0.1) is 17.8 Å². The van der Waals surface area contributed by atoms with Crippen LogP contribution in [0.25, 0.3) is 0 Å². The van der Waals surface area contributed by atoms with Gasteiger partial charge in [0.1, 0.15) is 6.29 Å². The highest BCUT2D eigenvalue weighted by atomic mass is 16.1. The average molecular weight is 150 g/mol. The van der Waals surface area contributed by atoms with Gasteiger partial charge in [-0.1, -0.05) is 6.08 Å². The van der Waals surface area contributed by atoms with Gasteiger partial charge in [0.05, 0.1) is 0 Å². The molecule has 0 N–H and O–H groups in total. The quantitative estimate of drug-likeness (QED) is 0.443. The average Bonchev–Trinajstić information content (AvgIpc) is 2.85. The van der Waals surface area contributed by atoms with E-state index in [0.717, 1.165) is 24.0 Å². The van der Waals surface area contributed by atoms with Crippen LogP contribution in [0.15, 0.2) is 12.2 Å². The molecule has 2 aliphatic rings. The van der Waals surface area contributed by atoms with E-state index >= 15 is 0 Å². The van der Waals surface area contributed by atoms with Crippen molar-refractivity contribution in [2.75, 3.05) is 0 Å². The molecule has 0 heterocycles. The van der Waals surface area contributed by atoms with E-state index in [2.05, 4.69) is 6.08 Å². The summed E-state index contributed by atoms with van der Waals surface area (Å²) in [6.45, 7) is 0. The van der Waals surface area contributed by atoms with Crippen LogP contribution in [0.4, 0.5) is 0 Å². The van der Waals surface area contributed by atoms with Crippen LogP contribution in [-0.2, 0) is 4.79 Å². The number of hydrogen-bond donors (Lipinski definition) is 0. The van der Waals surface area contributed by atoms with Crippen molar-refractivity contribution >= 4 is 6.29 Å². The molecule has 0 spiro atoms. The highest BCUT2D eigenvalue weighted by Crippen LogP contribution is 2.49. The van der Waals surface area contributed by atoms with Gasteiger partial charge < -0.3 is 0 Å². The van der Waals surface area contributed by atoms with Crippen molar-refractivity contribution in [3.8, 4) is 0 Å². The Morgan fingerprint density at radius 3 is 2.00 bits per heavy atom. The molecule has 0 atom stereocenters. The fourth-order valence-electron chi connectivity index (χ4n) is 1.84. The molecular formula is C10H14O. The maximum atomic E-state index is 10.1. The summed E-state index contributed by atoms with van der Waals surface area (Å²) in [6, 6.07) is 0. The molecule has 0 radical (unpaired) electrons. The van der Waals surface area contributed by atoms with Crippen molar-refractivity contribution in [3.05, 3.63) is 12.2 Å². The normalized spacial score (nSPS) is 24.8. The van der Waals surface area contributed by atoms with Crippen molar-refractivity contribution in [1.29, 1.82) is 0 Å². The molecule has 0 saturated heterocycles. The minimum Gasteiger partial charge on any atom is -0.299 e. The van der Waals surface area contributed by atoms with Crippen LogP contribution in [0.3, 0.4) is 0 Å². The molecule has 1 nitrogen and oxygen atoms in total. The monoisotopic (exact) mass is 150 g/mol. The van der Waals surface area contributed by atoms with Gasteiger partial charge in [0, 0.05) is 0 Å². The second kappa shape index (κ2) is 2.80. The Hall–Kier alpha value is -0.590. The van der Waals surface area contributed by atoms with E-state index in [1.54, 1.807) is 6.08 Å². The molecule has 2 aliphatic carbocycles. The summed E-state index contributed by atoms with van der Waals surface area (Å²) in [5, 5.41) is 0. The number of allylic oxidation sites excluding steroid dienone is 2. The lowest BCUT2D eigenvalue weighted by molar-refractivity contribution is -0.104. The predicted octanol–water partition coefficient (Wildman–Crippen LogP) is 2.18. The molecule has 60 valence electrons. The molecule has 2 saturated carbocycles. The number of hydrogen-bond acceptors (Lipinski definition) is 1. The van der Waals surface area contributed by atoms with E-state index in [9.17, 15) is 4.79 Å². The Morgan fingerprint density at radius 2 is 1.64 bits per heavy atom. The lowest BCUT2D eigenvalue weighted by atomic mass is 9.98. The van der Waals surface area contributed by atoms with E-state index in [-0.39, 0.29) is 0 Å². The van der Waals surface area contributed by atoms with E-state index in [1.165, 1.54) is 25.7 Å². The predicted molar refractivity (Wildman–Crippen MR) is 44.1 cm³/mol. The lowest BCUT2D eigenvalue weighted by Gasteiger charge is -2.07. The fourth-order valence-corrected chi connectivity index (χ4v) is 1.84. The zero-order valence-electron chi connectivity index (χ0n) is 6.70. The smallest absolute Gasteiger partial charge is 0.142 e. The number of aldehydes is 1. The number of rotatable bonds is 4. The third-order valence-electron chi connectivity index (χ3n) is 2.74. The first-order valence-electron chi connectivity index (χ1n) is 4.54. The van der Waals surface area contributed by atoms with E-state index in [4.69, 9.17) is 0 Å². The van der Waals surface area contributed by atoms with Crippen molar-refractivity contribution in [1.82, 2.24) is 0 Å². The van der Waals surface area contributed by atoms with Gasteiger partial charge in [-0.15, -0.1) is 0 Å².